The zero-order valence-corrected chi connectivity index (χ0v) is 12.3. The Kier molecular flexibility index (Phi) is 3.78. The van der Waals surface area contributed by atoms with E-state index in [0.29, 0.717) is 5.41 Å². The molecule has 1 spiro atoms. The van der Waals surface area contributed by atoms with Crippen molar-refractivity contribution in [1.82, 2.24) is 10.3 Å². The third kappa shape index (κ3) is 3.11. The van der Waals surface area contributed by atoms with Gasteiger partial charge in [-0.2, -0.15) is 0 Å². The first-order chi connectivity index (χ1) is 9.26. The molecule has 0 saturated heterocycles. The van der Waals surface area contributed by atoms with E-state index in [9.17, 15) is 0 Å². The molecular weight excluding hydrogens is 254 g/mol. The maximum atomic E-state index is 4.74. The lowest BCUT2D eigenvalue weighted by Crippen LogP contribution is -2.33. The summed E-state index contributed by atoms with van der Waals surface area (Å²) in [5.41, 5.74) is 2.68. The number of nitrogens with zero attached hydrogens (tertiary/aromatic N) is 2. The number of nitrogens with one attached hydrogen (secondary N) is 1. The van der Waals surface area contributed by atoms with Gasteiger partial charge >= 0.3 is 0 Å². The lowest BCUT2D eigenvalue weighted by atomic mass is 9.89. The zero-order valence-electron chi connectivity index (χ0n) is 11.5. The number of rotatable bonds is 2. The molecule has 1 fully saturated rings. The van der Waals surface area contributed by atoms with Crippen LogP contribution < -0.4 is 5.32 Å². The van der Waals surface area contributed by atoms with Crippen LogP contribution in [0.1, 0.15) is 37.1 Å². The van der Waals surface area contributed by atoms with E-state index in [-0.39, 0.29) is 0 Å². The molecule has 0 bridgehead atoms. The Bertz CT molecular complexity index is 478. The lowest BCUT2D eigenvalue weighted by molar-refractivity contribution is 0.358. The van der Waals surface area contributed by atoms with Crippen LogP contribution in [0.4, 0.5) is 0 Å². The van der Waals surface area contributed by atoms with Crippen LogP contribution in [-0.4, -0.2) is 22.4 Å². The van der Waals surface area contributed by atoms with E-state index < -0.39 is 0 Å². The summed E-state index contributed by atoms with van der Waals surface area (Å²) >= 11 is 1.89. The molecule has 0 atom stereocenters. The standard InChI is InChI=1S/C15H21N3S/c1-12-5-4-6-13(18-12)9-16-14-17-10-15(11-19-14)7-2-3-8-15/h4-6H,2-3,7-11H2,1H3,(H,16,17). The number of hydrogen-bond acceptors (Lipinski definition) is 4. The minimum absolute atomic E-state index is 0.525. The molecule has 0 radical (unpaired) electrons. The smallest absolute Gasteiger partial charge is 0.156 e. The summed E-state index contributed by atoms with van der Waals surface area (Å²) in [5, 5.41) is 4.52. The molecule has 1 aromatic heterocycles. The van der Waals surface area contributed by atoms with Gasteiger partial charge in [0.15, 0.2) is 5.17 Å². The van der Waals surface area contributed by atoms with Crippen molar-refractivity contribution < 1.29 is 0 Å². The Morgan fingerprint density at radius 2 is 2.16 bits per heavy atom. The van der Waals surface area contributed by atoms with E-state index >= 15 is 0 Å². The molecule has 0 aromatic carbocycles. The first-order valence-corrected chi connectivity index (χ1v) is 8.08. The van der Waals surface area contributed by atoms with Crippen molar-refractivity contribution in [2.24, 2.45) is 10.4 Å². The van der Waals surface area contributed by atoms with Crippen molar-refractivity contribution in [2.75, 3.05) is 12.3 Å². The average Bonchev–Trinajstić information content (AvgIpc) is 2.87. The normalized spacial score (nSPS) is 21.4. The van der Waals surface area contributed by atoms with E-state index in [0.717, 1.165) is 29.6 Å². The molecule has 3 rings (SSSR count). The van der Waals surface area contributed by atoms with E-state index in [1.807, 2.05) is 24.8 Å². The predicted octanol–water partition coefficient (Wildman–Crippen LogP) is 3.14. The summed E-state index contributed by atoms with van der Waals surface area (Å²) in [6, 6.07) is 6.15. The minimum atomic E-state index is 0.525. The number of hydrogen-bond donors (Lipinski definition) is 1. The van der Waals surface area contributed by atoms with Gasteiger partial charge in [-0.15, -0.1) is 0 Å². The fourth-order valence-corrected chi connectivity index (χ4v) is 4.10. The molecule has 1 N–H and O–H groups in total. The summed E-state index contributed by atoms with van der Waals surface area (Å²) in [5.74, 6) is 1.24. The van der Waals surface area contributed by atoms with Gasteiger partial charge in [0.05, 0.1) is 12.2 Å². The molecule has 0 amide bonds. The third-order valence-corrected chi connectivity index (χ3v) is 5.41. The Morgan fingerprint density at radius 1 is 1.32 bits per heavy atom. The van der Waals surface area contributed by atoms with Crippen LogP contribution in [0.3, 0.4) is 0 Å². The summed E-state index contributed by atoms with van der Waals surface area (Å²) in [6.07, 6.45) is 5.53. The molecule has 1 aliphatic carbocycles. The van der Waals surface area contributed by atoms with Crippen LogP contribution in [0, 0.1) is 12.3 Å². The number of aliphatic imine (C=N–C) groups is 1. The van der Waals surface area contributed by atoms with Crippen molar-refractivity contribution >= 4 is 16.9 Å². The highest BCUT2D eigenvalue weighted by molar-refractivity contribution is 8.13. The monoisotopic (exact) mass is 275 g/mol. The fourth-order valence-electron chi connectivity index (χ4n) is 2.95. The van der Waals surface area contributed by atoms with Crippen LogP contribution in [0.5, 0.6) is 0 Å². The average molecular weight is 275 g/mol. The van der Waals surface area contributed by atoms with Gasteiger partial charge in [-0.1, -0.05) is 30.7 Å². The lowest BCUT2D eigenvalue weighted by Gasteiger charge is -2.31. The summed E-state index contributed by atoms with van der Waals surface area (Å²) in [7, 11) is 0. The number of thioether (sulfide) groups is 1. The molecule has 2 heterocycles. The quantitative estimate of drug-likeness (QED) is 0.901. The van der Waals surface area contributed by atoms with Crippen molar-refractivity contribution in [3.63, 3.8) is 0 Å². The highest BCUT2D eigenvalue weighted by Crippen LogP contribution is 2.43. The van der Waals surface area contributed by atoms with E-state index in [1.54, 1.807) is 0 Å². The first kappa shape index (κ1) is 13.0. The van der Waals surface area contributed by atoms with Crippen molar-refractivity contribution in [3.05, 3.63) is 29.6 Å². The topological polar surface area (TPSA) is 37.3 Å². The SMILES string of the molecule is Cc1cccc(CNC2=NCC3(CCCC3)CS2)n1. The number of pyridine rings is 1. The first-order valence-electron chi connectivity index (χ1n) is 7.10. The van der Waals surface area contributed by atoms with Gasteiger partial charge in [0.2, 0.25) is 0 Å². The number of aromatic nitrogens is 1. The highest BCUT2D eigenvalue weighted by atomic mass is 32.2. The number of aryl methyl sites for hydroxylation is 1. The van der Waals surface area contributed by atoms with Crippen LogP contribution in [-0.2, 0) is 6.54 Å². The molecule has 2 aliphatic rings. The third-order valence-electron chi connectivity index (χ3n) is 4.10. The Hall–Kier alpha value is -1.03. The van der Waals surface area contributed by atoms with Crippen molar-refractivity contribution in [1.29, 1.82) is 0 Å². The molecular formula is C15H21N3S. The molecule has 3 nitrogen and oxygen atoms in total. The fraction of sp³-hybridized carbons (Fsp3) is 0.600. The predicted molar refractivity (Wildman–Crippen MR) is 81.5 cm³/mol. The zero-order chi connectivity index (χ0) is 13.1. The van der Waals surface area contributed by atoms with Gasteiger partial charge in [0.1, 0.15) is 0 Å². The second-order valence-electron chi connectivity index (χ2n) is 5.74. The van der Waals surface area contributed by atoms with Crippen LogP contribution in [0.2, 0.25) is 0 Å². The molecule has 102 valence electrons. The van der Waals surface area contributed by atoms with E-state index in [2.05, 4.69) is 22.4 Å². The molecule has 1 aromatic rings. The largest absolute Gasteiger partial charge is 0.359 e. The second-order valence-corrected chi connectivity index (χ2v) is 6.71. The van der Waals surface area contributed by atoms with Gasteiger partial charge in [0, 0.05) is 18.0 Å². The molecule has 4 heteroatoms. The summed E-state index contributed by atoms with van der Waals surface area (Å²) in [4.78, 5) is 9.24. The summed E-state index contributed by atoms with van der Waals surface area (Å²) in [6.45, 7) is 3.82. The van der Waals surface area contributed by atoms with Crippen molar-refractivity contribution in [3.8, 4) is 0 Å². The maximum Gasteiger partial charge on any atom is 0.156 e. The van der Waals surface area contributed by atoms with Crippen LogP contribution >= 0.6 is 11.8 Å². The van der Waals surface area contributed by atoms with Gasteiger partial charge in [0.25, 0.3) is 0 Å². The summed E-state index contributed by atoms with van der Waals surface area (Å²) < 4.78 is 0. The van der Waals surface area contributed by atoms with Gasteiger partial charge in [-0.25, -0.2) is 0 Å². The second kappa shape index (κ2) is 5.53. The van der Waals surface area contributed by atoms with E-state index in [1.165, 1.54) is 31.4 Å². The van der Waals surface area contributed by atoms with Gasteiger partial charge < -0.3 is 5.32 Å². The minimum Gasteiger partial charge on any atom is -0.359 e. The molecule has 19 heavy (non-hydrogen) atoms. The molecule has 1 aliphatic heterocycles. The van der Waals surface area contributed by atoms with Crippen molar-refractivity contribution in [2.45, 2.75) is 39.2 Å². The molecule has 1 saturated carbocycles. The Balaban J connectivity index is 1.55. The highest BCUT2D eigenvalue weighted by Gasteiger charge is 2.36. The molecule has 0 unspecified atom stereocenters. The Morgan fingerprint density at radius 3 is 2.84 bits per heavy atom. The van der Waals surface area contributed by atoms with Crippen LogP contribution in [0.25, 0.3) is 0 Å². The number of amidine groups is 1. The van der Waals surface area contributed by atoms with Crippen LogP contribution in [0.15, 0.2) is 23.2 Å². The van der Waals surface area contributed by atoms with Gasteiger partial charge in [-0.3, -0.25) is 9.98 Å². The van der Waals surface area contributed by atoms with E-state index in [4.69, 9.17) is 4.99 Å². The van der Waals surface area contributed by atoms with Gasteiger partial charge in [-0.05, 0) is 37.3 Å². The Labute approximate surface area is 119 Å². The maximum absolute atomic E-state index is 4.74.